The van der Waals surface area contributed by atoms with E-state index >= 15 is 0 Å². The summed E-state index contributed by atoms with van der Waals surface area (Å²) in [7, 11) is 0. The van der Waals surface area contributed by atoms with Crippen LogP contribution in [0.5, 0.6) is 0 Å². The smallest absolute Gasteiger partial charge is 0.259 e. The van der Waals surface area contributed by atoms with E-state index in [4.69, 9.17) is 5.73 Å². The molecule has 0 unspecified atom stereocenters. The van der Waals surface area contributed by atoms with Crippen molar-refractivity contribution in [1.82, 2.24) is 4.98 Å². The predicted octanol–water partition coefficient (Wildman–Crippen LogP) is 2.19. The SMILES string of the molecule is Nc1ccncc1C(=O)Nc1cc(F)cc(F)c1. The van der Waals surface area contributed by atoms with Gasteiger partial charge in [-0.15, -0.1) is 0 Å². The average molecular weight is 249 g/mol. The van der Waals surface area contributed by atoms with Gasteiger partial charge in [0.2, 0.25) is 0 Å². The van der Waals surface area contributed by atoms with Crippen molar-refractivity contribution in [2.75, 3.05) is 11.1 Å². The summed E-state index contributed by atoms with van der Waals surface area (Å²) in [6, 6.07) is 4.19. The molecule has 1 aromatic heterocycles. The number of rotatable bonds is 2. The third-order valence-corrected chi connectivity index (χ3v) is 2.22. The van der Waals surface area contributed by atoms with Gasteiger partial charge in [0.05, 0.1) is 5.56 Å². The van der Waals surface area contributed by atoms with Gasteiger partial charge in [0.1, 0.15) is 11.6 Å². The van der Waals surface area contributed by atoms with Crippen molar-refractivity contribution in [2.24, 2.45) is 0 Å². The Kier molecular flexibility index (Phi) is 3.18. The van der Waals surface area contributed by atoms with Crippen LogP contribution in [0.4, 0.5) is 20.2 Å². The molecule has 1 amide bonds. The lowest BCUT2D eigenvalue weighted by Crippen LogP contribution is -2.14. The van der Waals surface area contributed by atoms with Gasteiger partial charge in [-0.1, -0.05) is 0 Å². The summed E-state index contributed by atoms with van der Waals surface area (Å²) < 4.78 is 25.9. The summed E-state index contributed by atoms with van der Waals surface area (Å²) in [5.41, 5.74) is 5.98. The number of nitrogen functional groups attached to an aromatic ring is 1. The lowest BCUT2D eigenvalue weighted by molar-refractivity contribution is 0.102. The van der Waals surface area contributed by atoms with Crippen LogP contribution in [-0.2, 0) is 0 Å². The fourth-order valence-corrected chi connectivity index (χ4v) is 1.42. The molecular formula is C12H9F2N3O. The molecule has 0 saturated heterocycles. The average Bonchev–Trinajstić information content (AvgIpc) is 2.27. The fraction of sp³-hybridized carbons (Fsp3) is 0. The fourth-order valence-electron chi connectivity index (χ4n) is 1.42. The Hall–Kier alpha value is -2.50. The lowest BCUT2D eigenvalue weighted by Gasteiger charge is -2.07. The van der Waals surface area contributed by atoms with Crippen molar-refractivity contribution in [3.8, 4) is 0 Å². The van der Waals surface area contributed by atoms with E-state index in [-0.39, 0.29) is 16.9 Å². The number of hydrogen-bond donors (Lipinski definition) is 2. The highest BCUT2D eigenvalue weighted by atomic mass is 19.1. The number of nitrogens with one attached hydrogen (secondary N) is 1. The number of benzene rings is 1. The Morgan fingerprint density at radius 1 is 1.22 bits per heavy atom. The van der Waals surface area contributed by atoms with E-state index in [9.17, 15) is 13.6 Å². The van der Waals surface area contributed by atoms with Crippen LogP contribution in [0.2, 0.25) is 0 Å². The molecule has 0 radical (unpaired) electrons. The molecule has 0 spiro atoms. The van der Waals surface area contributed by atoms with Gasteiger partial charge in [-0.05, 0) is 18.2 Å². The third kappa shape index (κ3) is 2.60. The number of anilines is 2. The van der Waals surface area contributed by atoms with E-state index in [0.717, 1.165) is 12.1 Å². The molecule has 4 nitrogen and oxygen atoms in total. The zero-order valence-electron chi connectivity index (χ0n) is 9.15. The van der Waals surface area contributed by atoms with Crippen LogP contribution in [0.3, 0.4) is 0 Å². The summed E-state index contributed by atoms with van der Waals surface area (Å²) in [4.78, 5) is 15.5. The molecule has 2 aromatic rings. The first-order valence-corrected chi connectivity index (χ1v) is 5.03. The van der Waals surface area contributed by atoms with E-state index in [1.807, 2.05) is 0 Å². The van der Waals surface area contributed by atoms with Crippen LogP contribution in [0.1, 0.15) is 10.4 Å². The molecule has 92 valence electrons. The monoisotopic (exact) mass is 249 g/mol. The second-order valence-electron chi connectivity index (χ2n) is 3.58. The van der Waals surface area contributed by atoms with Gasteiger partial charge in [0.25, 0.3) is 5.91 Å². The normalized spacial score (nSPS) is 10.1. The Morgan fingerprint density at radius 2 is 1.89 bits per heavy atom. The summed E-state index contributed by atoms with van der Waals surface area (Å²) in [6.45, 7) is 0. The first-order valence-electron chi connectivity index (χ1n) is 5.03. The van der Waals surface area contributed by atoms with Gasteiger partial charge in [-0.3, -0.25) is 9.78 Å². The summed E-state index contributed by atoms with van der Waals surface area (Å²) in [5, 5.41) is 2.34. The number of pyridine rings is 1. The molecule has 0 aliphatic rings. The molecule has 2 rings (SSSR count). The Labute approximate surface area is 101 Å². The van der Waals surface area contributed by atoms with E-state index in [0.29, 0.717) is 6.07 Å². The highest BCUT2D eigenvalue weighted by Crippen LogP contribution is 2.16. The number of carbonyl (C=O) groups is 1. The Balaban J connectivity index is 2.24. The maximum absolute atomic E-state index is 12.9. The molecule has 0 fully saturated rings. The van der Waals surface area contributed by atoms with Crippen LogP contribution in [-0.4, -0.2) is 10.9 Å². The summed E-state index contributed by atoms with van der Waals surface area (Å²) in [6.07, 6.45) is 2.72. The molecule has 18 heavy (non-hydrogen) atoms. The van der Waals surface area contributed by atoms with Crippen LogP contribution >= 0.6 is 0 Å². The van der Waals surface area contributed by atoms with Crippen molar-refractivity contribution in [1.29, 1.82) is 0 Å². The van der Waals surface area contributed by atoms with Gasteiger partial charge < -0.3 is 11.1 Å². The van der Waals surface area contributed by atoms with Gasteiger partial charge in [-0.2, -0.15) is 0 Å². The maximum atomic E-state index is 12.9. The third-order valence-electron chi connectivity index (χ3n) is 2.22. The zero-order chi connectivity index (χ0) is 13.1. The number of hydrogen-bond acceptors (Lipinski definition) is 3. The Morgan fingerprint density at radius 3 is 2.50 bits per heavy atom. The van der Waals surface area contributed by atoms with Crippen LogP contribution in [0, 0.1) is 11.6 Å². The van der Waals surface area contributed by atoms with E-state index < -0.39 is 17.5 Å². The van der Waals surface area contributed by atoms with Gasteiger partial charge in [0.15, 0.2) is 0 Å². The van der Waals surface area contributed by atoms with Crippen LogP contribution in [0.25, 0.3) is 0 Å². The number of halogens is 2. The molecule has 1 heterocycles. The first kappa shape index (κ1) is 12.0. The number of amides is 1. The minimum Gasteiger partial charge on any atom is -0.398 e. The lowest BCUT2D eigenvalue weighted by atomic mass is 10.2. The molecule has 0 atom stereocenters. The summed E-state index contributed by atoms with van der Waals surface area (Å²) >= 11 is 0. The Bertz CT molecular complexity index is 581. The number of nitrogens with two attached hydrogens (primary N) is 1. The quantitative estimate of drug-likeness (QED) is 0.857. The molecule has 0 bridgehead atoms. The van der Waals surface area contributed by atoms with E-state index in [1.54, 1.807) is 0 Å². The van der Waals surface area contributed by atoms with Crippen molar-refractivity contribution in [2.45, 2.75) is 0 Å². The molecule has 0 aliphatic heterocycles. The second-order valence-corrected chi connectivity index (χ2v) is 3.58. The van der Waals surface area contributed by atoms with Crippen molar-refractivity contribution in [3.05, 3.63) is 53.9 Å². The maximum Gasteiger partial charge on any atom is 0.259 e. The van der Waals surface area contributed by atoms with E-state index in [1.165, 1.54) is 18.5 Å². The number of carbonyl (C=O) groups excluding carboxylic acids is 1. The minimum absolute atomic E-state index is 0.0146. The summed E-state index contributed by atoms with van der Waals surface area (Å²) in [5.74, 6) is -2.13. The number of nitrogens with zero attached hydrogens (tertiary/aromatic N) is 1. The van der Waals surface area contributed by atoms with Crippen LogP contribution in [0.15, 0.2) is 36.7 Å². The van der Waals surface area contributed by atoms with Gasteiger partial charge >= 0.3 is 0 Å². The zero-order valence-corrected chi connectivity index (χ0v) is 9.15. The van der Waals surface area contributed by atoms with Gasteiger partial charge in [-0.25, -0.2) is 8.78 Å². The second kappa shape index (κ2) is 4.79. The standard InChI is InChI=1S/C12H9F2N3O/c13-7-3-8(14)5-9(4-7)17-12(18)10-6-16-2-1-11(10)15/h1-6H,(H2,15,16)(H,17,18). The topological polar surface area (TPSA) is 68.0 Å². The minimum atomic E-state index is -0.774. The van der Waals surface area contributed by atoms with Crippen molar-refractivity contribution >= 4 is 17.3 Å². The molecule has 1 aromatic carbocycles. The molecule has 0 saturated carbocycles. The van der Waals surface area contributed by atoms with Crippen molar-refractivity contribution in [3.63, 3.8) is 0 Å². The highest BCUT2D eigenvalue weighted by Gasteiger charge is 2.10. The molecular weight excluding hydrogens is 240 g/mol. The molecule has 0 aliphatic carbocycles. The number of aromatic nitrogens is 1. The highest BCUT2D eigenvalue weighted by molar-refractivity contribution is 6.07. The van der Waals surface area contributed by atoms with Crippen LogP contribution < -0.4 is 11.1 Å². The van der Waals surface area contributed by atoms with E-state index in [2.05, 4.69) is 10.3 Å². The molecule has 6 heteroatoms. The van der Waals surface area contributed by atoms with Crippen molar-refractivity contribution < 1.29 is 13.6 Å². The van der Waals surface area contributed by atoms with Gasteiger partial charge in [0, 0.05) is 29.8 Å². The molecule has 3 N–H and O–H groups in total. The largest absolute Gasteiger partial charge is 0.398 e. The predicted molar refractivity (Wildman–Crippen MR) is 63.0 cm³/mol. The first-order chi connectivity index (χ1) is 8.56.